The second-order valence-corrected chi connectivity index (χ2v) is 5.81. The first kappa shape index (κ1) is 18.4. The quantitative estimate of drug-likeness (QED) is 0.616. The average Bonchev–Trinajstić information content (AvgIpc) is 3.20. The van der Waals surface area contributed by atoms with Crippen LogP contribution in [0.5, 0.6) is 11.5 Å². The number of carbonyl (C=O) groups excluding carboxylic acids is 1. The van der Waals surface area contributed by atoms with Crippen LogP contribution in [0.2, 0.25) is 0 Å². The van der Waals surface area contributed by atoms with E-state index in [1.807, 2.05) is 30.3 Å². The summed E-state index contributed by atoms with van der Waals surface area (Å²) in [5.74, 6) is 2.05. The first-order valence-corrected chi connectivity index (χ1v) is 8.59. The molecule has 3 rings (SSSR count). The molecule has 0 saturated heterocycles. The van der Waals surface area contributed by atoms with Gasteiger partial charge in [-0.05, 0) is 24.6 Å². The van der Waals surface area contributed by atoms with Crippen molar-refractivity contribution in [3.8, 4) is 22.9 Å². The highest BCUT2D eigenvalue weighted by Gasteiger charge is 2.11. The molecule has 0 atom stereocenters. The van der Waals surface area contributed by atoms with Crippen molar-refractivity contribution in [2.75, 3.05) is 20.8 Å². The first-order valence-electron chi connectivity index (χ1n) is 8.59. The lowest BCUT2D eigenvalue weighted by atomic mass is 10.2. The average molecular weight is 367 g/mol. The van der Waals surface area contributed by atoms with Crippen LogP contribution in [0.3, 0.4) is 0 Å². The van der Waals surface area contributed by atoms with Gasteiger partial charge in [0, 0.05) is 24.1 Å². The topological polar surface area (TPSA) is 86.5 Å². The second kappa shape index (κ2) is 8.84. The lowest BCUT2D eigenvalue weighted by Crippen LogP contribution is -2.24. The molecule has 1 N–H and O–H groups in total. The molecule has 1 amide bonds. The fraction of sp³-hybridized carbons (Fsp3) is 0.250. The maximum Gasteiger partial charge on any atom is 0.251 e. The van der Waals surface area contributed by atoms with Crippen LogP contribution in [0.15, 0.2) is 53.1 Å². The van der Waals surface area contributed by atoms with E-state index in [0.29, 0.717) is 48.2 Å². The summed E-state index contributed by atoms with van der Waals surface area (Å²) in [5.41, 5.74) is 1.42. The number of nitrogens with zero attached hydrogens (tertiary/aromatic N) is 2. The fourth-order valence-corrected chi connectivity index (χ4v) is 2.58. The van der Waals surface area contributed by atoms with E-state index in [0.717, 1.165) is 5.56 Å². The Morgan fingerprint density at radius 2 is 1.85 bits per heavy atom. The minimum absolute atomic E-state index is 0.175. The molecule has 0 radical (unpaired) electrons. The molecular formula is C20H21N3O4. The summed E-state index contributed by atoms with van der Waals surface area (Å²) in [6.45, 7) is 0.496. The van der Waals surface area contributed by atoms with Gasteiger partial charge in [0.1, 0.15) is 0 Å². The maximum atomic E-state index is 12.3. The molecule has 0 spiro atoms. The highest BCUT2D eigenvalue weighted by Crippen LogP contribution is 2.27. The van der Waals surface area contributed by atoms with Gasteiger partial charge in [-0.2, -0.15) is 4.98 Å². The van der Waals surface area contributed by atoms with Crippen molar-refractivity contribution < 1.29 is 18.8 Å². The number of nitrogens with one attached hydrogen (secondary N) is 1. The number of hydrogen-bond acceptors (Lipinski definition) is 6. The molecule has 140 valence electrons. The molecule has 0 aliphatic heterocycles. The van der Waals surface area contributed by atoms with E-state index < -0.39 is 0 Å². The zero-order valence-corrected chi connectivity index (χ0v) is 15.3. The van der Waals surface area contributed by atoms with E-state index in [-0.39, 0.29) is 5.91 Å². The van der Waals surface area contributed by atoms with Gasteiger partial charge in [-0.15, -0.1) is 0 Å². The highest BCUT2D eigenvalue weighted by atomic mass is 16.5. The molecule has 0 saturated carbocycles. The second-order valence-electron chi connectivity index (χ2n) is 5.81. The van der Waals surface area contributed by atoms with E-state index in [1.54, 1.807) is 25.3 Å². The van der Waals surface area contributed by atoms with Crippen LogP contribution in [-0.4, -0.2) is 36.8 Å². The summed E-state index contributed by atoms with van der Waals surface area (Å²) in [7, 11) is 3.09. The van der Waals surface area contributed by atoms with E-state index in [4.69, 9.17) is 14.0 Å². The van der Waals surface area contributed by atoms with Gasteiger partial charge in [0.25, 0.3) is 5.91 Å². The third-order valence-electron chi connectivity index (χ3n) is 4.00. The van der Waals surface area contributed by atoms with Crippen LogP contribution in [-0.2, 0) is 6.42 Å². The lowest BCUT2D eigenvalue weighted by molar-refractivity contribution is 0.0952. The summed E-state index contributed by atoms with van der Waals surface area (Å²) in [6, 6.07) is 14.7. The van der Waals surface area contributed by atoms with Gasteiger partial charge in [0.2, 0.25) is 11.7 Å². The molecule has 1 aromatic heterocycles. The maximum absolute atomic E-state index is 12.3. The van der Waals surface area contributed by atoms with Crippen molar-refractivity contribution in [3.63, 3.8) is 0 Å². The molecule has 2 aromatic carbocycles. The standard InChI is InChI=1S/C20H21N3O4/c1-25-16-11-10-15(13-17(16)26-2)20(24)21-12-6-9-18-22-19(23-27-18)14-7-4-3-5-8-14/h3-5,7-8,10-11,13H,6,9,12H2,1-2H3,(H,21,24). The zero-order chi connectivity index (χ0) is 19.1. The van der Waals surface area contributed by atoms with Crippen LogP contribution >= 0.6 is 0 Å². The molecule has 0 fully saturated rings. The van der Waals surface area contributed by atoms with Crippen molar-refractivity contribution in [1.82, 2.24) is 15.5 Å². The Kier molecular flexibility index (Phi) is 6.04. The largest absolute Gasteiger partial charge is 0.493 e. The number of hydrogen-bond donors (Lipinski definition) is 1. The number of benzene rings is 2. The predicted octanol–water partition coefficient (Wildman–Crippen LogP) is 3.12. The van der Waals surface area contributed by atoms with E-state index in [1.165, 1.54) is 7.11 Å². The monoisotopic (exact) mass is 367 g/mol. The zero-order valence-electron chi connectivity index (χ0n) is 15.3. The summed E-state index contributed by atoms with van der Waals surface area (Å²) < 4.78 is 15.7. The molecule has 27 heavy (non-hydrogen) atoms. The Balaban J connectivity index is 1.49. The van der Waals surface area contributed by atoms with E-state index in [2.05, 4.69) is 15.5 Å². The third kappa shape index (κ3) is 4.63. The lowest BCUT2D eigenvalue weighted by Gasteiger charge is -2.09. The van der Waals surface area contributed by atoms with Crippen LogP contribution in [0, 0.1) is 0 Å². The number of methoxy groups -OCH3 is 2. The first-order chi connectivity index (χ1) is 13.2. The molecule has 1 heterocycles. The Morgan fingerprint density at radius 1 is 1.07 bits per heavy atom. The van der Waals surface area contributed by atoms with Gasteiger partial charge in [-0.25, -0.2) is 0 Å². The van der Waals surface area contributed by atoms with E-state index in [9.17, 15) is 4.79 Å². The SMILES string of the molecule is COc1ccc(C(=O)NCCCc2nc(-c3ccccc3)no2)cc1OC. The molecule has 0 bridgehead atoms. The van der Waals surface area contributed by atoms with Gasteiger partial charge in [0.15, 0.2) is 11.5 Å². The van der Waals surface area contributed by atoms with Crippen molar-refractivity contribution in [2.24, 2.45) is 0 Å². The van der Waals surface area contributed by atoms with Gasteiger partial charge < -0.3 is 19.3 Å². The summed E-state index contributed by atoms with van der Waals surface area (Å²) in [4.78, 5) is 16.6. The molecular weight excluding hydrogens is 346 g/mol. The summed E-state index contributed by atoms with van der Waals surface area (Å²) >= 11 is 0. The highest BCUT2D eigenvalue weighted by molar-refractivity contribution is 5.94. The molecule has 7 heteroatoms. The number of amides is 1. The Morgan fingerprint density at radius 3 is 2.59 bits per heavy atom. The Labute approximate surface area is 157 Å². The van der Waals surface area contributed by atoms with Crippen LogP contribution in [0.25, 0.3) is 11.4 Å². The summed E-state index contributed by atoms with van der Waals surface area (Å²) in [5, 5.41) is 6.86. The van der Waals surface area contributed by atoms with Crippen molar-refractivity contribution in [2.45, 2.75) is 12.8 Å². The third-order valence-corrected chi connectivity index (χ3v) is 4.00. The van der Waals surface area contributed by atoms with Gasteiger partial charge in [0.05, 0.1) is 14.2 Å². The number of rotatable bonds is 8. The van der Waals surface area contributed by atoms with Gasteiger partial charge in [-0.1, -0.05) is 35.5 Å². The molecule has 0 aliphatic carbocycles. The van der Waals surface area contributed by atoms with Crippen molar-refractivity contribution in [3.05, 3.63) is 60.0 Å². The van der Waals surface area contributed by atoms with Crippen LogP contribution in [0.1, 0.15) is 22.7 Å². The molecule has 7 nitrogen and oxygen atoms in total. The van der Waals surface area contributed by atoms with E-state index >= 15 is 0 Å². The van der Waals surface area contributed by atoms with Crippen LogP contribution < -0.4 is 14.8 Å². The Hall–Kier alpha value is -3.35. The fourth-order valence-electron chi connectivity index (χ4n) is 2.58. The number of aromatic nitrogens is 2. The van der Waals surface area contributed by atoms with Gasteiger partial charge >= 0.3 is 0 Å². The molecule has 0 unspecified atom stereocenters. The normalized spacial score (nSPS) is 10.4. The Bertz CT molecular complexity index is 893. The number of ether oxygens (including phenoxy) is 2. The van der Waals surface area contributed by atoms with Crippen molar-refractivity contribution in [1.29, 1.82) is 0 Å². The number of carbonyl (C=O) groups is 1. The van der Waals surface area contributed by atoms with Crippen LogP contribution in [0.4, 0.5) is 0 Å². The minimum atomic E-state index is -0.175. The van der Waals surface area contributed by atoms with Crippen molar-refractivity contribution >= 4 is 5.91 Å². The smallest absolute Gasteiger partial charge is 0.251 e. The predicted molar refractivity (Wildman–Crippen MR) is 99.9 cm³/mol. The summed E-state index contributed by atoms with van der Waals surface area (Å²) in [6.07, 6.45) is 1.28. The minimum Gasteiger partial charge on any atom is -0.493 e. The molecule has 3 aromatic rings. The molecule has 0 aliphatic rings. The van der Waals surface area contributed by atoms with Gasteiger partial charge in [-0.3, -0.25) is 4.79 Å². The number of aryl methyl sites for hydroxylation is 1.